The van der Waals surface area contributed by atoms with Crippen LogP contribution < -0.4 is 5.32 Å². The van der Waals surface area contributed by atoms with Gasteiger partial charge in [0.15, 0.2) is 0 Å². The van der Waals surface area contributed by atoms with E-state index in [9.17, 15) is 0 Å². The fourth-order valence-electron chi connectivity index (χ4n) is 2.64. The molecule has 6 heteroatoms. The van der Waals surface area contributed by atoms with Gasteiger partial charge in [0, 0.05) is 30.9 Å². The van der Waals surface area contributed by atoms with Gasteiger partial charge >= 0.3 is 0 Å². The number of rotatable bonds is 4. The Bertz CT molecular complexity index is 589. The summed E-state index contributed by atoms with van der Waals surface area (Å²) in [4.78, 5) is 15.0. The minimum Gasteiger partial charge on any atom is -0.445 e. The lowest BCUT2D eigenvalue weighted by Crippen LogP contribution is -2.38. The Kier molecular flexibility index (Phi) is 4.15. The third-order valence-corrected chi connectivity index (χ3v) is 3.77. The van der Waals surface area contributed by atoms with E-state index in [4.69, 9.17) is 4.42 Å². The second-order valence-electron chi connectivity index (χ2n) is 5.60. The number of nitrogens with zero attached hydrogens (tertiary/aromatic N) is 4. The van der Waals surface area contributed by atoms with Gasteiger partial charge in [-0.3, -0.25) is 4.90 Å². The maximum atomic E-state index is 5.54. The predicted octanol–water partition coefficient (Wildman–Crippen LogP) is 2.16. The van der Waals surface area contributed by atoms with Crippen LogP contribution in [0.4, 0.5) is 5.82 Å². The molecule has 2 aromatic heterocycles. The molecule has 6 nitrogen and oxygen atoms in total. The fourth-order valence-corrected chi connectivity index (χ4v) is 2.64. The van der Waals surface area contributed by atoms with Gasteiger partial charge < -0.3 is 9.73 Å². The van der Waals surface area contributed by atoms with Gasteiger partial charge in [0.2, 0.25) is 5.89 Å². The number of likely N-dealkylation sites (tertiary alicyclic amines) is 1. The molecule has 0 radical (unpaired) electrons. The number of anilines is 1. The van der Waals surface area contributed by atoms with Crippen LogP contribution in [0.25, 0.3) is 0 Å². The van der Waals surface area contributed by atoms with Crippen LogP contribution in [0, 0.1) is 13.8 Å². The Labute approximate surface area is 124 Å². The first-order valence-corrected chi connectivity index (χ1v) is 7.38. The molecule has 0 aliphatic carbocycles. The van der Waals surface area contributed by atoms with Crippen molar-refractivity contribution in [3.05, 3.63) is 35.9 Å². The van der Waals surface area contributed by atoms with Crippen molar-refractivity contribution in [1.29, 1.82) is 0 Å². The lowest BCUT2D eigenvalue weighted by atomic mass is 10.1. The third-order valence-electron chi connectivity index (χ3n) is 3.77. The zero-order valence-electron chi connectivity index (χ0n) is 12.5. The van der Waals surface area contributed by atoms with Crippen LogP contribution in [0.5, 0.6) is 0 Å². The highest BCUT2D eigenvalue weighted by molar-refractivity contribution is 5.35. The number of hydrogen-bond acceptors (Lipinski definition) is 6. The second-order valence-corrected chi connectivity index (χ2v) is 5.60. The average Bonchev–Trinajstić information content (AvgIpc) is 2.86. The standard InChI is InChI=1S/C15H21N5O/c1-11-7-14(18-10-17-11)19-13-3-5-20(6-4-13)9-15-16-8-12(2)21-15/h7-8,10,13H,3-6,9H2,1-2H3,(H,17,18,19). The molecule has 1 saturated heterocycles. The van der Waals surface area contributed by atoms with Crippen molar-refractivity contribution in [3.63, 3.8) is 0 Å². The summed E-state index contributed by atoms with van der Waals surface area (Å²) in [5.41, 5.74) is 0.990. The summed E-state index contributed by atoms with van der Waals surface area (Å²) in [5, 5.41) is 3.49. The Hall–Kier alpha value is -1.95. The molecule has 0 saturated carbocycles. The number of aryl methyl sites for hydroxylation is 2. The van der Waals surface area contributed by atoms with E-state index in [2.05, 4.69) is 25.2 Å². The molecule has 3 heterocycles. The van der Waals surface area contributed by atoms with E-state index in [1.54, 1.807) is 12.5 Å². The Morgan fingerprint density at radius 1 is 1.24 bits per heavy atom. The number of piperidine rings is 1. The van der Waals surface area contributed by atoms with Crippen molar-refractivity contribution >= 4 is 5.82 Å². The van der Waals surface area contributed by atoms with Gasteiger partial charge in [-0.05, 0) is 26.7 Å². The van der Waals surface area contributed by atoms with Crippen LogP contribution in [-0.2, 0) is 6.54 Å². The van der Waals surface area contributed by atoms with Gasteiger partial charge in [-0.25, -0.2) is 15.0 Å². The third kappa shape index (κ3) is 3.78. The van der Waals surface area contributed by atoms with Crippen molar-refractivity contribution in [3.8, 4) is 0 Å². The molecule has 0 amide bonds. The van der Waals surface area contributed by atoms with Crippen LogP contribution in [0.15, 0.2) is 23.0 Å². The molecule has 0 spiro atoms. The molecule has 3 rings (SSSR count). The van der Waals surface area contributed by atoms with Crippen LogP contribution in [0.3, 0.4) is 0 Å². The first-order chi connectivity index (χ1) is 10.2. The van der Waals surface area contributed by atoms with E-state index in [1.807, 2.05) is 19.9 Å². The summed E-state index contributed by atoms with van der Waals surface area (Å²) >= 11 is 0. The average molecular weight is 287 g/mol. The Morgan fingerprint density at radius 2 is 2.05 bits per heavy atom. The molecule has 112 valence electrons. The van der Waals surface area contributed by atoms with E-state index < -0.39 is 0 Å². The molecule has 1 aliphatic heterocycles. The van der Waals surface area contributed by atoms with Gasteiger partial charge in [0.05, 0.1) is 12.7 Å². The topological polar surface area (TPSA) is 67.1 Å². The largest absolute Gasteiger partial charge is 0.445 e. The molecule has 1 aliphatic rings. The first-order valence-electron chi connectivity index (χ1n) is 7.38. The van der Waals surface area contributed by atoms with E-state index >= 15 is 0 Å². The number of aromatic nitrogens is 3. The zero-order chi connectivity index (χ0) is 14.7. The molecular weight excluding hydrogens is 266 g/mol. The van der Waals surface area contributed by atoms with Crippen molar-refractivity contribution < 1.29 is 4.42 Å². The molecule has 1 N–H and O–H groups in total. The molecule has 2 aromatic rings. The summed E-state index contributed by atoms with van der Waals surface area (Å²) in [6.45, 7) is 6.80. The number of nitrogens with one attached hydrogen (secondary N) is 1. The van der Waals surface area contributed by atoms with Crippen LogP contribution in [0.1, 0.15) is 30.2 Å². The smallest absolute Gasteiger partial charge is 0.208 e. The molecule has 21 heavy (non-hydrogen) atoms. The van der Waals surface area contributed by atoms with Crippen molar-refractivity contribution in [1.82, 2.24) is 19.9 Å². The van der Waals surface area contributed by atoms with E-state index in [1.165, 1.54) is 0 Å². The van der Waals surface area contributed by atoms with Crippen LogP contribution >= 0.6 is 0 Å². The monoisotopic (exact) mass is 287 g/mol. The number of oxazole rings is 1. The quantitative estimate of drug-likeness (QED) is 0.929. The summed E-state index contributed by atoms with van der Waals surface area (Å²) in [6, 6.07) is 2.46. The second kappa shape index (κ2) is 6.22. The molecule has 1 fully saturated rings. The highest BCUT2D eigenvalue weighted by Gasteiger charge is 2.20. The lowest BCUT2D eigenvalue weighted by Gasteiger charge is -2.31. The molecule has 0 bridgehead atoms. The van der Waals surface area contributed by atoms with Gasteiger partial charge in [-0.15, -0.1) is 0 Å². The van der Waals surface area contributed by atoms with Crippen molar-refractivity contribution in [2.75, 3.05) is 18.4 Å². The first kappa shape index (κ1) is 14.0. The van der Waals surface area contributed by atoms with Crippen molar-refractivity contribution in [2.24, 2.45) is 0 Å². The summed E-state index contributed by atoms with van der Waals surface area (Å²) in [6.07, 6.45) is 5.59. The minimum absolute atomic E-state index is 0.474. The molecular formula is C15H21N5O. The Balaban J connectivity index is 1.48. The van der Waals surface area contributed by atoms with E-state index in [0.29, 0.717) is 6.04 Å². The Morgan fingerprint density at radius 3 is 2.71 bits per heavy atom. The fraction of sp³-hybridized carbons (Fsp3) is 0.533. The van der Waals surface area contributed by atoms with Crippen LogP contribution in [-0.4, -0.2) is 39.0 Å². The minimum atomic E-state index is 0.474. The normalized spacial score (nSPS) is 17.0. The SMILES string of the molecule is Cc1cc(NC2CCN(Cc3ncc(C)o3)CC2)ncn1. The van der Waals surface area contributed by atoms with Gasteiger partial charge in [0.1, 0.15) is 17.9 Å². The number of hydrogen-bond donors (Lipinski definition) is 1. The zero-order valence-corrected chi connectivity index (χ0v) is 12.5. The van der Waals surface area contributed by atoms with E-state index in [0.717, 1.165) is 55.6 Å². The molecule has 0 aromatic carbocycles. The van der Waals surface area contributed by atoms with E-state index in [-0.39, 0.29) is 0 Å². The highest BCUT2D eigenvalue weighted by Crippen LogP contribution is 2.17. The van der Waals surface area contributed by atoms with Gasteiger partial charge in [-0.1, -0.05) is 0 Å². The van der Waals surface area contributed by atoms with Crippen molar-refractivity contribution in [2.45, 2.75) is 39.3 Å². The lowest BCUT2D eigenvalue weighted by molar-refractivity contribution is 0.192. The van der Waals surface area contributed by atoms with Gasteiger partial charge in [-0.2, -0.15) is 0 Å². The highest BCUT2D eigenvalue weighted by atomic mass is 16.4. The van der Waals surface area contributed by atoms with Gasteiger partial charge in [0.25, 0.3) is 0 Å². The molecule has 0 atom stereocenters. The predicted molar refractivity (Wildman–Crippen MR) is 79.9 cm³/mol. The maximum absolute atomic E-state index is 5.54. The summed E-state index contributed by atoms with van der Waals surface area (Å²) in [5.74, 6) is 2.61. The summed E-state index contributed by atoms with van der Waals surface area (Å²) < 4.78 is 5.54. The van der Waals surface area contributed by atoms with Crippen LogP contribution in [0.2, 0.25) is 0 Å². The summed E-state index contributed by atoms with van der Waals surface area (Å²) in [7, 11) is 0. The molecule has 0 unspecified atom stereocenters. The maximum Gasteiger partial charge on any atom is 0.208 e.